The summed E-state index contributed by atoms with van der Waals surface area (Å²) in [6.45, 7) is 2.14. The average Bonchev–Trinajstić information content (AvgIpc) is 2.30. The summed E-state index contributed by atoms with van der Waals surface area (Å²) in [6.07, 6.45) is 0. The first kappa shape index (κ1) is 6.80. The van der Waals surface area contributed by atoms with Gasteiger partial charge in [0.15, 0.2) is 0 Å². The van der Waals surface area contributed by atoms with Crippen molar-refractivity contribution in [3.05, 3.63) is 29.3 Å². The molecule has 0 atom stereocenters. The minimum atomic E-state index is 1.33. The number of rotatable bonds is 0. The predicted molar refractivity (Wildman–Crippen MR) is 47.7 cm³/mol. The van der Waals surface area contributed by atoms with E-state index in [1.165, 1.54) is 15.2 Å². The van der Waals surface area contributed by atoms with Gasteiger partial charge in [0, 0.05) is 13.0 Å². The summed E-state index contributed by atoms with van der Waals surface area (Å²) in [5.41, 5.74) is 1.33. The van der Waals surface area contributed by atoms with Gasteiger partial charge < -0.3 is 0 Å². The molecule has 2 rings (SSSR count). The Bertz CT molecular complexity index is 389. The van der Waals surface area contributed by atoms with Gasteiger partial charge in [-0.05, 0) is 6.07 Å². The Kier molecular flexibility index (Phi) is 1.43. The van der Waals surface area contributed by atoms with E-state index in [2.05, 4.69) is 42.8 Å². The third-order valence-electron chi connectivity index (χ3n) is 1.96. The molecule has 0 bridgehead atoms. The molecular formula is C9H10NS+. The Labute approximate surface area is 69.9 Å². The van der Waals surface area contributed by atoms with Crippen molar-refractivity contribution in [2.24, 2.45) is 7.05 Å². The fraction of sp³-hybridized carbons (Fsp3) is 0.222. The van der Waals surface area contributed by atoms with Gasteiger partial charge in [-0.3, -0.25) is 0 Å². The lowest BCUT2D eigenvalue weighted by molar-refractivity contribution is -0.646. The van der Waals surface area contributed by atoms with Gasteiger partial charge in [0.05, 0.1) is 0 Å². The molecule has 0 N–H and O–H groups in total. The standard InChI is InChI=1S/C9H10NS/c1-7-10(2)8-5-3-4-6-9(8)11-7/h3-6H,1-2H3/q+1. The van der Waals surface area contributed by atoms with Crippen molar-refractivity contribution in [2.75, 3.05) is 0 Å². The molecule has 2 aromatic rings. The lowest BCUT2D eigenvalue weighted by atomic mass is 10.3. The second-order valence-electron chi connectivity index (χ2n) is 2.65. The van der Waals surface area contributed by atoms with E-state index in [-0.39, 0.29) is 0 Å². The largest absolute Gasteiger partial charge is 0.234 e. The molecule has 56 valence electrons. The molecule has 0 aliphatic rings. The average molecular weight is 164 g/mol. The van der Waals surface area contributed by atoms with Crippen LogP contribution in [0.15, 0.2) is 24.3 Å². The Morgan fingerprint density at radius 3 is 2.73 bits per heavy atom. The van der Waals surface area contributed by atoms with Crippen LogP contribution in [0, 0.1) is 6.92 Å². The second kappa shape index (κ2) is 2.31. The highest BCUT2D eigenvalue weighted by atomic mass is 32.1. The summed E-state index contributed by atoms with van der Waals surface area (Å²) in [6, 6.07) is 8.47. The summed E-state index contributed by atoms with van der Waals surface area (Å²) >= 11 is 1.84. The number of para-hydroxylation sites is 1. The van der Waals surface area contributed by atoms with E-state index in [1.54, 1.807) is 0 Å². The molecule has 1 aromatic carbocycles. The summed E-state index contributed by atoms with van der Waals surface area (Å²) in [7, 11) is 2.11. The fourth-order valence-corrected chi connectivity index (χ4v) is 2.23. The van der Waals surface area contributed by atoms with Gasteiger partial charge in [0.25, 0.3) is 0 Å². The van der Waals surface area contributed by atoms with E-state index in [4.69, 9.17) is 0 Å². The molecular weight excluding hydrogens is 154 g/mol. The maximum Gasteiger partial charge on any atom is 0.234 e. The number of thiazole rings is 1. The van der Waals surface area contributed by atoms with Crippen molar-refractivity contribution in [1.82, 2.24) is 0 Å². The normalized spacial score (nSPS) is 10.7. The van der Waals surface area contributed by atoms with Crippen LogP contribution in [-0.2, 0) is 7.05 Å². The molecule has 0 amide bonds. The maximum atomic E-state index is 2.22. The van der Waals surface area contributed by atoms with Gasteiger partial charge in [-0.2, -0.15) is 4.57 Å². The van der Waals surface area contributed by atoms with Crippen molar-refractivity contribution in [2.45, 2.75) is 6.92 Å². The molecule has 1 heterocycles. The lowest BCUT2D eigenvalue weighted by Crippen LogP contribution is -2.28. The van der Waals surface area contributed by atoms with Gasteiger partial charge in [0.1, 0.15) is 11.7 Å². The van der Waals surface area contributed by atoms with E-state index < -0.39 is 0 Å². The number of aromatic nitrogens is 1. The van der Waals surface area contributed by atoms with Crippen molar-refractivity contribution in [3.63, 3.8) is 0 Å². The fourth-order valence-electron chi connectivity index (χ4n) is 1.22. The minimum absolute atomic E-state index is 1.33. The Morgan fingerprint density at radius 1 is 1.27 bits per heavy atom. The number of aryl methyl sites for hydroxylation is 2. The highest BCUT2D eigenvalue weighted by Gasteiger charge is 2.10. The van der Waals surface area contributed by atoms with Crippen molar-refractivity contribution in [1.29, 1.82) is 0 Å². The van der Waals surface area contributed by atoms with Crippen molar-refractivity contribution in [3.8, 4) is 0 Å². The highest BCUT2D eigenvalue weighted by molar-refractivity contribution is 7.18. The molecule has 0 fully saturated rings. The number of hydrogen-bond acceptors (Lipinski definition) is 1. The maximum absolute atomic E-state index is 2.22. The number of nitrogens with zero attached hydrogens (tertiary/aromatic N) is 1. The Hall–Kier alpha value is -0.890. The molecule has 11 heavy (non-hydrogen) atoms. The van der Waals surface area contributed by atoms with E-state index in [1.807, 2.05) is 11.3 Å². The number of benzene rings is 1. The van der Waals surface area contributed by atoms with Crippen LogP contribution < -0.4 is 4.57 Å². The van der Waals surface area contributed by atoms with Crippen LogP contribution in [0.4, 0.5) is 0 Å². The number of fused-ring (bicyclic) bond motifs is 1. The van der Waals surface area contributed by atoms with Crippen molar-refractivity contribution < 1.29 is 4.57 Å². The van der Waals surface area contributed by atoms with E-state index in [9.17, 15) is 0 Å². The monoisotopic (exact) mass is 164 g/mol. The van der Waals surface area contributed by atoms with Crippen molar-refractivity contribution >= 4 is 21.6 Å². The van der Waals surface area contributed by atoms with Gasteiger partial charge in [-0.1, -0.05) is 23.5 Å². The first-order chi connectivity index (χ1) is 5.29. The van der Waals surface area contributed by atoms with Crippen LogP contribution in [0.5, 0.6) is 0 Å². The summed E-state index contributed by atoms with van der Waals surface area (Å²) in [4.78, 5) is 0. The molecule has 1 aromatic heterocycles. The Balaban J connectivity index is 2.92. The molecule has 0 saturated heterocycles. The molecule has 1 nitrogen and oxygen atoms in total. The quantitative estimate of drug-likeness (QED) is 0.525. The second-order valence-corrected chi connectivity index (χ2v) is 3.88. The lowest BCUT2D eigenvalue weighted by Gasteiger charge is -1.82. The van der Waals surface area contributed by atoms with Crippen LogP contribution >= 0.6 is 11.3 Å². The third-order valence-corrected chi connectivity index (χ3v) is 3.09. The SMILES string of the molecule is Cc1sc2ccccc2[n+]1C. The molecule has 0 aliphatic carbocycles. The van der Waals surface area contributed by atoms with Gasteiger partial charge in [-0.15, -0.1) is 0 Å². The Morgan fingerprint density at radius 2 is 2.00 bits per heavy atom. The van der Waals surface area contributed by atoms with Crippen LogP contribution in [0.25, 0.3) is 10.2 Å². The van der Waals surface area contributed by atoms with Crippen LogP contribution in [0.3, 0.4) is 0 Å². The summed E-state index contributed by atoms with van der Waals surface area (Å²) < 4.78 is 3.59. The molecule has 0 unspecified atom stereocenters. The van der Waals surface area contributed by atoms with Crippen LogP contribution in [0.1, 0.15) is 5.01 Å². The third kappa shape index (κ3) is 0.942. The van der Waals surface area contributed by atoms with Gasteiger partial charge >= 0.3 is 0 Å². The molecule has 0 radical (unpaired) electrons. The van der Waals surface area contributed by atoms with E-state index in [0.29, 0.717) is 0 Å². The van der Waals surface area contributed by atoms with Crippen LogP contribution in [0.2, 0.25) is 0 Å². The molecule has 2 heteroatoms. The number of hydrogen-bond donors (Lipinski definition) is 0. The first-order valence-corrected chi connectivity index (χ1v) is 4.45. The van der Waals surface area contributed by atoms with Gasteiger partial charge in [0.2, 0.25) is 10.5 Å². The zero-order chi connectivity index (χ0) is 7.84. The van der Waals surface area contributed by atoms with E-state index >= 15 is 0 Å². The summed E-state index contributed by atoms with van der Waals surface area (Å²) in [5.74, 6) is 0. The predicted octanol–water partition coefficient (Wildman–Crippen LogP) is 2.03. The van der Waals surface area contributed by atoms with E-state index in [0.717, 1.165) is 0 Å². The zero-order valence-corrected chi connectivity index (χ0v) is 7.48. The minimum Gasteiger partial charge on any atom is -0.189 e. The summed E-state index contributed by atoms with van der Waals surface area (Å²) in [5, 5.41) is 1.35. The highest BCUT2D eigenvalue weighted by Crippen LogP contribution is 2.17. The zero-order valence-electron chi connectivity index (χ0n) is 6.66. The van der Waals surface area contributed by atoms with Gasteiger partial charge in [-0.25, -0.2) is 0 Å². The molecule has 0 spiro atoms. The molecule has 0 saturated carbocycles. The van der Waals surface area contributed by atoms with Crippen LogP contribution in [-0.4, -0.2) is 0 Å². The smallest absolute Gasteiger partial charge is 0.189 e. The first-order valence-electron chi connectivity index (χ1n) is 3.63. The topological polar surface area (TPSA) is 3.88 Å². The molecule has 0 aliphatic heterocycles.